The molecule has 0 radical (unpaired) electrons. The molecule has 0 heterocycles. The van der Waals surface area contributed by atoms with Crippen LogP contribution in [-0.2, 0) is 0 Å². The fraction of sp³-hybridized carbons (Fsp3) is 1.00. The van der Waals surface area contributed by atoms with Crippen molar-refractivity contribution in [3.63, 3.8) is 0 Å². The molecule has 0 rings (SSSR count). The van der Waals surface area contributed by atoms with E-state index in [4.69, 9.17) is 0 Å². The van der Waals surface area contributed by atoms with Gasteiger partial charge in [0.15, 0.2) is 0 Å². The molecule has 0 unspecified atom stereocenters. The van der Waals surface area contributed by atoms with Crippen molar-refractivity contribution in [2.75, 3.05) is 0 Å². The molecule has 0 aliphatic carbocycles. The minimum Gasteiger partial charge on any atom is -0.412 e. The Morgan fingerprint density at radius 1 is 0.0822 bits per heavy atom. The van der Waals surface area contributed by atoms with Gasteiger partial charge in [-0.05, 0) is 0 Å². The second-order valence-electron chi connectivity index (χ2n) is 20.5. The quantitative estimate of drug-likeness (QED) is 0.0560. The molecule has 0 saturated heterocycles. The Hall–Kier alpha value is -0.0400. The van der Waals surface area contributed by atoms with Crippen LogP contribution in [0.1, 0.15) is 474 Å². The molecular formula is C72H170O. The van der Waals surface area contributed by atoms with Gasteiger partial charge in [-0.1, -0.05) is 474 Å². The molecule has 0 aromatic heterocycles. The fourth-order valence-electron chi connectivity index (χ4n) is 6.00. The van der Waals surface area contributed by atoms with Crippen molar-refractivity contribution in [3.05, 3.63) is 0 Å². The maximum absolute atomic E-state index is 2.23. The first kappa shape index (κ1) is 105. The minimum absolute atomic E-state index is 0. The lowest BCUT2D eigenvalue weighted by atomic mass is 10.2. The van der Waals surface area contributed by atoms with Crippen molar-refractivity contribution < 1.29 is 5.48 Å². The van der Waals surface area contributed by atoms with Gasteiger partial charge in [0.2, 0.25) is 0 Å². The van der Waals surface area contributed by atoms with Crippen LogP contribution in [0.3, 0.4) is 0 Å². The summed E-state index contributed by atoms with van der Waals surface area (Å²) in [6.07, 6.45) is 66.4. The number of hydrogen-bond donors (Lipinski definition) is 0. The van der Waals surface area contributed by atoms with E-state index >= 15 is 0 Å². The molecular weight excluding hydrogens is 881 g/mol. The van der Waals surface area contributed by atoms with E-state index in [0.29, 0.717) is 0 Å². The van der Waals surface area contributed by atoms with Crippen molar-refractivity contribution in [2.24, 2.45) is 0 Å². The third kappa shape index (κ3) is 272. The topological polar surface area (TPSA) is 31.5 Å². The molecule has 0 aromatic carbocycles. The smallest absolute Gasteiger partial charge is 0.0536 e. The predicted octanol–water partition coefficient (Wildman–Crippen LogP) is 30.2. The first-order valence-electron chi connectivity index (χ1n) is 35.0. The van der Waals surface area contributed by atoms with E-state index < -0.39 is 0 Å². The molecule has 73 heavy (non-hydrogen) atoms. The molecule has 0 saturated carbocycles. The van der Waals surface area contributed by atoms with Crippen molar-refractivity contribution >= 4 is 0 Å². The van der Waals surface area contributed by atoms with Gasteiger partial charge in [-0.3, -0.25) is 0 Å². The molecule has 0 aromatic rings. The number of rotatable bonds is 36. The summed E-state index contributed by atoms with van der Waals surface area (Å²) in [6.45, 7) is 53.6. The SMILES string of the molecule is CCCCCC.CCCCCC.CCCCCC.CCCCCC.CCCCCC.CCCCCC.CCCCCC.CCCCCC.CCCCCC.CCCCCC.CCCCCC.CCCCCC.O. The standard InChI is InChI=1S/12C6H14.H2O/c12*1-3-5-6-4-2;/h12*3-6H2,1-2H3;1H2. The van der Waals surface area contributed by atoms with Crippen LogP contribution in [0.4, 0.5) is 0 Å². The Labute approximate surface area is 477 Å². The minimum atomic E-state index is 0. The second kappa shape index (κ2) is 158. The maximum Gasteiger partial charge on any atom is -0.0536 e. The molecule has 464 valence electrons. The molecule has 0 aliphatic heterocycles. The summed E-state index contributed by atoms with van der Waals surface area (Å²) in [6, 6.07) is 0. The van der Waals surface area contributed by atoms with Gasteiger partial charge in [-0.15, -0.1) is 0 Å². The first-order chi connectivity index (χ1) is 35.0. The van der Waals surface area contributed by atoms with Crippen molar-refractivity contribution in [1.82, 2.24) is 0 Å². The molecule has 1 heteroatoms. The normalized spacial score (nSPS) is 8.88. The van der Waals surface area contributed by atoms with Crippen molar-refractivity contribution in [1.29, 1.82) is 0 Å². The van der Waals surface area contributed by atoms with Crippen LogP contribution in [0.25, 0.3) is 0 Å². The highest BCUT2D eigenvalue weighted by molar-refractivity contribution is 4.37. The molecule has 0 aliphatic rings. The average Bonchev–Trinajstić information content (AvgIpc) is 3.42. The zero-order valence-electron chi connectivity index (χ0n) is 58.4. The summed E-state index contributed by atoms with van der Waals surface area (Å²) in [7, 11) is 0. The Morgan fingerprint density at radius 3 is 0.123 bits per heavy atom. The predicted molar refractivity (Wildman–Crippen MR) is 361 cm³/mol. The highest BCUT2D eigenvalue weighted by atomic mass is 16.0. The Balaban J connectivity index is -0.0000000488. The lowest BCUT2D eigenvalue weighted by Gasteiger charge is -1.86. The van der Waals surface area contributed by atoms with Crippen LogP contribution >= 0.6 is 0 Å². The highest BCUT2D eigenvalue weighted by Gasteiger charge is 1.81. The summed E-state index contributed by atoms with van der Waals surface area (Å²) < 4.78 is 0. The maximum atomic E-state index is 2.23. The van der Waals surface area contributed by atoms with Crippen molar-refractivity contribution in [3.8, 4) is 0 Å². The Morgan fingerprint density at radius 2 is 0.110 bits per heavy atom. The monoisotopic (exact) mass is 1050 g/mol. The van der Waals surface area contributed by atoms with Gasteiger partial charge in [0.1, 0.15) is 0 Å². The summed E-state index contributed by atoms with van der Waals surface area (Å²) in [5.41, 5.74) is 0. The van der Waals surface area contributed by atoms with Gasteiger partial charge in [-0.25, -0.2) is 0 Å². The summed E-state index contributed by atoms with van der Waals surface area (Å²) >= 11 is 0. The van der Waals surface area contributed by atoms with Gasteiger partial charge < -0.3 is 5.48 Å². The van der Waals surface area contributed by atoms with Crippen LogP contribution < -0.4 is 0 Å². The number of unbranched alkanes of at least 4 members (excludes halogenated alkanes) is 36. The van der Waals surface area contributed by atoms with Crippen LogP contribution in [0.5, 0.6) is 0 Å². The largest absolute Gasteiger partial charge is 0.412 e. The van der Waals surface area contributed by atoms with E-state index in [9.17, 15) is 0 Å². The lowest BCUT2D eigenvalue weighted by Crippen LogP contribution is -1.66. The molecule has 0 atom stereocenters. The third-order valence-corrected chi connectivity index (χ3v) is 11.5. The summed E-state index contributed by atoms with van der Waals surface area (Å²) in [5.74, 6) is 0. The summed E-state index contributed by atoms with van der Waals surface area (Å²) in [4.78, 5) is 0. The fourth-order valence-corrected chi connectivity index (χ4v) is 6.00. The second-order valence-corrected chi connectivity index (χ2v) is 20.5. The molecule has 0 amide bonds. The Kier molecular flexibility index (Phi) is 227. The van der Waals surface area contributed by atoms with Crippen LogP contribution in [0, 0.1) is 0 Å². The van der Waals surface area contributed by atoms with Gasteiger partial charge in [0.25, 0.3) is 0 Å². The molecule has 0 bridgehead atoms. The zero-order valence-corrected chi connectivity index (χ0v) is 58.4. The van der Waals surface area contributed by atoms with E-state index in [1.54, 1.807) is 0 Å². The van der Waals surface area contributed by atoms with Gasteiger partial charge in [0, 0.05) is 0 Å². The van der Waals surface area contributed by atoms with Crippen LogP contribution in [-0.4, -0.2) is 5.48 Å². The molecule has 0 fully saturated rings. The third-order valence-electron chi connectivity index (χ3n) is 11.5. The van der Waals surface area contributed by atoms with E-state index in [1.807, 2.05) is 0 Å². The van der Waals surface area contributed by atoms with Crippen molar-refractivity contribution in [2.45, 2.75) is 474 Å². The van der Waals surface area contributed by atoms with Gasteiger partial charge in [-0.2, -0.15) is 0 Å². The number of hydrogen-bond acceptors (Lipinski definition) is 0. The van der Waals surface area contributed by atoms with E-state index in [-0.39, 0.29) is 5.48 Å². The lowest BCUT2D eigenvalue weighted by molar-refractivity contribution is 0.702. The molecule has 0 spiro atoms. The molecule has 2 N–H and O–H groups in total. The zero-order chi connectivity index (χ0) is 57.9. The van der Waals surface area contributed by atoms with E-state index in [2.05, 4.69) is 166 Å². The first-order valence-corrected chi connectivity index (χ1v) is 35.0. The van der Waals surface area contributed by atoms with Crippen LogP contribution in [0.15, 0.2) is 0 Å². The van der Waals surface area contributed by atoms with E-state index in [1.165, 1.54) is 308 Å². The van der Waals surface area contributed by atoms with Gasteiger partial charge in [0.05, 0.1) is 0 Å². The average molecular weight is 1050 g/mol. The Bertz CT molecular complexity index is 324. The van der Waals surface area contributed by atoms with Gasteiger partial charge >= 0.3 is 0 Å². The van der Waals surface area contributed by atoms with E-state index in [0.717, 1.165) is 0 Å². The van der Waals surface area contributed by atoms with Crippen LogP contribution in [0.2, 0.25) is 0 Å². The molecule has 1 nitrogen and oxygen atoms in total. The summed E-state index contributed by atoms with van der Waals surface area (Å²) in [5, 5.41) is 0. The highest BCUT2D eigenvalue weighted by Crippen LogP contribution is 2.01.